The highest BCUT2D eigenvalue weighted by Crippen LogP contribution is 2.39. The third-order valence-electron chi connectivity index (χ3n) is 6.68. The maximum Gasteiger partial charge on any atom is 0.250 e. The maximum absolute atomic E-state index is 13.6. The number of anilines is 1. The predicted molar refractivity (Wildman–Crippen MR) is 133 cm³/mol. The zero-order valence-corrected chi connectivity index (χ0v) is 20.6. The Morgan fingerprint density at radius 1 is 1.06 bits per heavy atom. The molecule has 1 N–H and O–H groups in total. The van der Waals surface area contributed by atoms with Crippen LogP contribution in [0.5, 0.6) is 0 Å². The normalized spacial score (nSPS) is 17.4. The monoisotopic (exact) mass is 502 g/mol. The minimum Gasteiger partial charge on any atom is -0.354 e. The van der Waals surface area contributed by atoms with Crippen molar-refractivity contribution in [3.05, 3.63) is 64.1 Å². The number of hydrogen-bond acceptors (Lipinski definition) is 4. The summed E-state index contributed by atoms with van der Waals surface area (Å²) >= 11 is 12.1. The van der Waals surface area contributed by atoms with Crippen LogP contribution in [0.4, 0.5) is 5.69 Å². The van der Waals surface area contributed by atoms with Gasteiger partial charge in [0.05, 0.1) is 6.67 Å². The van der Waals surface area contributed by atoms with Gasteiger partial charge in [-0.25, -0.2) is 0 Å². The predicted octanol–water partition coefficient (Wildman–Crippen LogP) is 3.34. The molecule has 34 heavy (non-hydrogen) atoms. The van der Waals surface area contributed by atoms with Crippen molar-refractivity contribution in [1.29, 1.82) is 0 Å². The van der Waals surface area contributed by atoms with E-state index < -0.39 is 5.54 Å². The number of carbonyl (C=O) groups is 3. The van der Waals surface area contributed by atoms with Gasteiger partial charge in [-0.05, 0) is 49.1 Å². The van der Waals surface area contributed by atoms with Gasteiger partial charge >= 0.3 is 0 Å². The minimum absolute atomic E-state index is 0.0172. The van der Waals surface area contributed by atoms with Crippen molar-refractivity contribution in [3.8, 4) is 0 Å². The van der Waals surface area contributed by atoms with Crippen LogP contribution in [0, 0.1) is 0 Å². The summed E-state index contributed by atoms with van der Waals surface area (Å²) < 4.78 is 0. The molecule has 9 heteroatoms. The fraction of sp³-hybridized carbons (Fsp3) is 0.400. The minimum atomic E-state index is -0.746. The van der Waals surface area contributed by atoms with Crippen molar-refractivity contribution in [1.82, 2.24) is 15.1 Å². The van der Waals surface area contributed by atoms with Crippen LogP contribution >= 0.6 is 23.2 Å². The molecule has 2 heterocycles. The molecule has 2 aromatic rings. The first kappa shape index (κ1) is 24.4. The van der Waals surface area contributed by atoms with Crippen LogP contribution in [-0.4, -0.2) is 65.9 Å². The average molecular weight is 503 g/mol. The van der Waals surface area contributed by atoms with Gasteiger partial charge in [0, 0.05) is 42.3 Å². The summed E-state index contributed by atoms with van der Waals surface area (Å²) in [5, 5.41) is 4.02. The van der Waals surface area contributed by atoms with E-state index in [0.717, 1.165) is 11.3 Å². The van der Waals surface area contributed by atoms with E-state index in [1.54, 1.807) is 28.9 Å². The molecule has 0 bridgehead atoms. The summed E-state index contributed by atoms with van der Waals surface area (Å²) in [6.07, 6.45) is 1.64. The van der Waals surface area contributed by atoms with Gasteiger partial charge in [0.25, 0.3) is 5.91 Å². The molecule has 0 unspecified atom stereocenters. The van der Waals surface area contributed by atoms with Gasteiger partial charge in [0.1, 0.15) is 12.1 Å². The zero-order chi connectivity index (χ0) is 24.3. The van der Waals surface area contributed by atoms with Crippen molar-refractivity contribution in [2.24, 2.45) is 0 Å². The Labute approximate surface area is 209 Å². The highest BCUT2D eigenvalue weighted by Gasteiger charge is 2.54. The molecule has 0 aliphatic carbocycles. The lowest BCUT2D eigenvalue weighted by atomic mass is 9.85. The van der Waals surface area contributed by atoms with Gasteiger partial charge in [0.2, 0.25) is 11.8 Å². The third-order valence-corrected chi connectivity index (χ3v) is 7.27. The van der Waals surface area contributed by atoms with E-state index in [-0.39, 0.29) is 24.3 Å². The Kier molecular flexibility index (Phi) is 7.33. The van der Waals surface area contributed by atoms with Gasteiger partial charge in [-0.1, -0.05) is 47.5 Å². The second-order valence-electron chi connectivity index (χ2n) is 8.78. The molecule has 1 spiro atoms. The molecule has 3 amide bonds. The number of likely N-dealkylation sites (tertiary alicyclic amines) is 1. The van der Waals surface area contributed by atoms with Crippen molar-refractivity contribution < 1.29 is 14.4 Å². The Hall–Kier alpha value is -2.77. The smallest absolute Gasteiger partial charge is 0.250 e. The fourth-order valence-corrected chi connectivity index (χ4v) is 5.31. The van der Waals surface area contributed by atoms with Gasteiger partial charge < -0.3 is 20.0 Å². The number of para-hydroxylation sites is 1. The van der Waals surface area contributed by atoms with Gasteiger partial charge in [-0.3, -0.25) is 14.4 Å². The second-order valence-corrected chi connectivity index (χ2v) is 9.63. The summed E-state index contributed by atoms with van der Waals surface area (Å²) in [6, 6.07) is 15.1. The molecular formula is C25H28Cl2N4O3. The SMILES string of the molecule is CC(=O)N1CCC2(CC1)C(=O)N(CC(=O)NCCc1ccc(Cl)cc1Cl)CN2c1ccccc1. The van der Waals surface area contributed by atoms with E-state index in [9.17, 15) is 14.4 Å². The van der Waals surface area contributed by atoms with Gasteiger partial charge in [-0.2, -0.15) is 0 Å². The summed E-state index contributed by atoms with van der Waals surface area (Å²) in [7, 11) is 0. The van der Waals surface area contributed by atoms with Crippen LogP contribution in [0.2, 0.25) is 10.0 Å². The molecule has 0 radical (unpaired) electrons. The lowest BCUT2D eigenvalue weighted by Gasteiger charge is -2.43. The molecule has 2 saturated heterocycles. The highest BCUT2D eigenvalue weighted by molar-refractivity contribution is 6.35. The largest absolute Gasteiger partial charge is 0.354 e. The van der Waals surface area contributed by atoms with Crippen molar-refractivity contribution in [2.45, 2.75) is 31.7 Å². The molecule has 180 valence electrons. The molecule has 2 aromatic carbocycles. The Morgan fingerprint density at radius 3 is 2.41 bits per heavy atom. The number of nitrogens with one attached hydrogen (secondary N) is 1. The molecule has 2 aliphatic rings. The number of amides is 3. The van der Waals surface area contributed by atoms with E-state index in [4.69, 9.17) is 23.2 Å². The van der Waals surface area contributed by atoms with E-state index >= 15 is 0 Å². The summed E-state index contributed by atoms with van der Waals surface area (Å²) in [5.41, 5.74) is 1.09. The van der Waals surface area contributed by atoms with Crippen LogP contribution in [-0.2, 0) is 20.8 Å². The standard InChI is InChI=1S/C25H28Cl2N4O3/c1-18(32)29-13-10-25(11-14-29)24(34)30(17-31(25)21-5-3-2-4-6-21)16-23(33)28-12-9-19-7-8-20(26)15-22(19)27/h2-8,15H,9-14,16-17H2,1H3,(H,28,33). The van der Waals surface area contributed by atoms with Crippen molar-refractivity contribution in [3.63, 3.8) is 0 Å². The molecule has 7 nitrogen and oxygen atoms in total. The number of halogens is 2. The summed E-state index contributed by atoms with van der Waals surface area (Å²) in [5.74, 6) is -0.260. The van der Waals surface area contributed by atoms with Crippen molar-refractivity contribution in [2.75, 3.05) is 37.7 Å². The molecular weight excluding hydrogens is 475 g/mol. The first-order chi connectivity index (χ1) is 16.3. The lowest BCUT2D eigenvalue weighted by molar-refractivity contribution is -0.139. The number of piperidine rings is 1. The highest BCUT2D eigenvalue weighted by atomic mass is 35.5. The molecule has 0 atom stereocenters. The van der Waals surface area contributed by atoms with Gasteiger partial charge in [-0.15, -0.1) is 0 Å². The third kappa shape index (κ3) is 5.00. The lowest BCUT2D eigenvalue weighted by Crippen LogP contribution is -2.57. The van der Waals surface area contributed by atoms with Crippen LogP contribution in [0.3, 0.4) is 0 Å². The first-order valence-corrected chi connectivity index (χ1v) is 12.1. The fourth-order valence-electron chi connectivity index (χ4n) is 4.80. The number of rotatable bonds is 6. The Morgan fingerprint density at radius 2 is 1.76 bits per heavy atom. The Bertz CT molecular complexity index is 1070. The van der Waals surface area contributed by atoms with E-state index in [1.807, 2.05) is 36.4 Å². The van der Waals surface area contributed by atoms with E-state index in [1.165, 1.54) is 0 Å². The number of nitrogens with zero attached hydrogens (tertiary/aromatic N) is 3. The molecule has 0 aromatic heterocycles. The first-order valence-electron chi connectivity index (χ1n) is 11.4. The summed E-state index contributed by atoms with van der Waals surface area (Å²) in [6.45, 7) is 3.31. The van der Waals surface area contributed by atoms with E-state index in [2.05, 4.69) is 10.2 Å². The quantitative estimate of drug-likeness (QED) is 0.657. The second kappa shape index (κ2) is 10.2. The molecule has 4 rings (SSSR count). The molecule has 2 fully saturated rings. The van der Waals surface area contributed by atoms with E-state index in [0.29, 0.717) is 55.6 Å². The maximum atomic E-state index is 13.6. The Balaban J connectivity index is 1.42. The van der Waals surface area contributed by atoms with Crippen LogP contribution < -0.4 is 10.2 Å². The average Bonchev–Trinajstić information content (AvgIpc) is 3.07. The van der Waals surface area contributed by atoms with Crippen LogP contribution in [0.1, 0.15) is 25.3 Å². The zero-order valence-electron chi connectivity index (χ0n) is 19.1. The molecule has 2 aliphatic heterocycles. The number of benzene rings is 2. The van der Waals surface area contributed by atoms with Crippen LogP contribution in [0.15, 0.2) is 48.5 Å². The number of carbonyl (C=O) groups excluding carboxylic acids is 3. The topological polar surface area (TPSA) is 73.0 Å². The van der Waals surface area contributed by atoms with Gasteiger partial charge in [0.15, 0.2) is 0 Å². The van der Waals surface area contributed by atoms with Crippen molar-refractivity contribution >= 4 is 46.6 Å². The number of hydrogen-bond donors (Lipinski definition) is 1. The summed E-state index contributed by atoms with van der Waals surface area (Å²) in [4.78, 5) is 43.6. The molecule has 0 saturated carbocycles. The van der Waals surface area contributed by atoms with Crippen LogP contribution in [0.25, 0.3) is 0 Å².